The molecule has 5 bridgehead atoms. The molecule has 4 fully saturated rings. The minimum atomic E-state index is -0.960. The molecule has 0 aromatic carbocycles. The predicted molar refractivity (Wildman–Crippen MR) is 62.1 cm³/mol. The first kappa shape index (κ1) is 10.8. The molecule has 2 aliphatic carbocycles. The molecule has 96 valence electrons. The Bertz CT molecular complexity index is 374. The zero-order valence-electron chi connectivity index (χ0n) is 10.6. The minimum Gasteiger partial charge on any atom is -0.390 e. The van der Waals surface area contributed by atoms with E-state index in [1.54, 1.807) is 0 Å². The first-order chi connectivity index (χ1) is 7.83. The highest BCUT2D eigenvalue weighted by Crippen LogP contribution is 2.65. The molecule has 7 atom stereocenters. The lowest BCUT2D eigenvalue weighted by atomic mass is 9.51. The number of rotatable bonds is 0. The molecular weight excluding hydrogens is 216 g/mol. The maximum atomic E-state index is 10.8. The van der Waals surface area contributed by atoms with Crippen LogP contribution in [0.3, 0.4) is 0 Å². The number of fused-ring (bicyclic) bond motifs is 3. The van der Waals surface area contributed by atoms with Gasteiger partial charge in [0.15, 0.2) is 5.79 Å². The lowest BCUT2D eigenvalue weighted by Gasteiger charge is -2.56. The molecular formula is C14H22O3. The Hall–Kier alpha value is -0.120. The third-order valence-corrected chi connectivity index (χ3v) is 6.52. The van der Waals surface area contributed by atoms with E-state index in [1.807, 2.05) is 6.92 Å². The van der Waals surface area contributed by atoms with Crippen LogP contribution >= 0.6 is 0 Å². The number of ether oxygens (including phenoxy) is 1. The van der Waals surface area contributed by atoms with Gasteiger partial charge in [0.1, 0.15) is 0 Å². The number of hydrogen-bond donors (Lipinski definition) is 2. The van der Waals surface area contributed by atoms with Gasteiger partial charge in [-0.3, -0.25) is 0 Å². The molecule has 3 heteroatoms. The van der Waals surface area contributed by atoms with Crippen LogP contribution in [0, 0.1) is 23.7 Å². The topological polar surface area (TPSA) is 49.7 Å². The van der Waals surface area contributed by atoms with Gasteiger partial charge >= 0.3 is 0 Å². The minimum absolute atomic E-state index is 0.128. The van der Waals surface area contributed by atoms with Crippen molar-refractivity contribution in [2.24, 2.45) is 23.7 Å². The monoisotopic (exact) mass is 238 g/mol. The first-order valence-corrected chi connectivity index (χ1v) is 6.98. The van der Waals surface area contributed by atoms with Crippen molar-refractivity contribution in [3.63, 3.8) is 0 Å². The summed E-state index contributed by atoms with van der Waals surface area (Å²) in [6.07, 6.45) is 4.53. The first-order valence-electron chi connectivity index (χ1n) is 6.98. The molecule has 0 radical (unpaired) electrons. The Morgan fingerprint density at radius 1 is 0.882 bits per heavy atom. The van der Waals surface area contributed by atoms with Crippen molar-refractivity contribution >= 4 is 0 Å². The molecule has 0 aromatic heterocycles. The Kier molecular flexibility index (Phi) is 1.73. The highest BCUT2D eigenvalue weighted by Gasteiger charge is 2.67. The molecule has 2 saturated heterocycles. The molecule has 2 aliphatic heterocycles. The second-order valence-electron chi connectivity index (χ2n) is 7.36. The Morgan fingerprint density at radius 2 is 1.47 bits per heavy atom. The molecule has 0 aromatic rings. The van der Waals surface area contributed by atoms with Crippen molar-refractivity contribution in [3.8, 4) is 0 Å². The normalized spacial score (nSPS) is 68.5. The van der Waals surface area contributed by atoms with Gasteiger partial charge in [0.2, 0.25) is 0 Å². The van der Waals surface area contributed by atoms with E-state index in [1.165, 1.54) is 0 Å². The van der Waals surface area contributed by atoms with Crippen LogP contribution in [0.5, 0.6) is 0 Å². The summed E-state index contributed by atoms with van der Waals surface area (Å²) < 4.78 is 6.10. The van der Waals surface area contributed by atoms with Crippen molar-refractivity contribution in [2.45, 2.75) is 62.9 Å². The predicted octanol–water partition coefficient (Wildman–Crippen LogP) is 1.67. The van der Waals surface area contributed by atoms with E-state index in [0.29, 0.717) is 24.2 Å². The summed E-state index contributed by atoms with van der Waals surface area (Å²) in [6, 6.07) is 0. The van der Waals surface area contributed by atoms with E-state index in [2.05, 4.69) is 6.92 Å². The standard InChI is InChI=1S/C14H22O3/c1-12(15)8-3-9-5-10(12)6-14(16)7-11(4-8)13(9,2)17-14/h8-11,15-16H,3-7H2,1-2H3/t8-,9-,10?,11?,12-,13-,14+/m0/s1. The van der Waals surface area contributed by atoms with Crippen LogP contribution in [0.25, 0.3) is 0 Å². The fourth-order valence-corrected chi connectivity index (χ4v) is 5.40. The molecule has 2 N–H and O–H groups in total. The van der Waals surface area contributed by atoms with E-state index < -0.39 is 11.4 Å². The SMILES string of the molecule is C[C@@]1(O)C2C[C@@H]3C[C@H]1CC1C[C@@](O)(C2)O[C@]13C. The van der Waals surface area contributed by atoms with Gasteiger partial charge in [-0.1, -0.05) is 0 Å². The molecule has 4 rings (SSSR count). The van der Waals surface area contributed by atoms with Crippen molar-refractivity contribution in [3.05, 3.63) is 0 Å². The fourth-order valence-electron chi connectivity index (χ4n) is 5.40. The Labute approximate surface area is 102 Å². The van der Waals surface area contributed by atoms with Gasteiger partial charge in [-0.15, -0.1) is 0 Å². The van der Waals surface area contributed by atoms with Crippen LogP contribution in [-0.2, 0) is 4.74 Å². The van der Waals surface area contributed by atoms with E-state index >= 15 is 0 Å². The van der Waals surface area contributed by atoms with Gasteiger partial charge in [-0.05, 0) is 56.8 Å². The largest absolute Gasteiger partial charge is 0.390 e. The summed E-state index contributed by atoms with van der Waals surface area (Å²) in [5, 5.41) is 21.4. The molecule has 2 saturated carbocycles. The van der Waals surface area contributed by atoms with Crippen molar-refractivity contribution in [2.75, 3.05) is 0 Å². The second-order valence-corrected chi connectivity index (χ2v) is 7.36. The van der Waals surface area contributed by atoms with Crippen LogP contribution in [0.4, 0.5) is 0 Å². The zero-order valence-corrected chi connectivity index (χ0v) is 10.6. The third-order valence-electron chi connectivity index (χ3n) is 6.52. The van der Waals surface area contributed by atoms with Gasteiger partial charge < -0.3 is 14.9 Å². The van der Waals surface area contributed by atoms with Gasteiger partial charge in [0, 0.05) is 12.8 Å². The highest BCUT2D eigenvalue weighted by molar-refractivity contribution is 5.14. The summed E-state index contributed by atoms with van der Waals surface area (Å²) in [4.78, 5) is 0. The van der Waals surface area contributed by atoms with Crippen molar-refractivity contribution in [1.82, 2.24) is 0 Å². The van der Waals surface area contributed by atoms with Crippen LogP contribution in [-0.4, -0.2) is 27.2 Å². The second kappa shape index (κ2) is 2.73. The van der Waals surface area contributed by atoms with E-state index in [4.69, 9.17) is 4.74 Å². The van der Waals surface area contributed by atoms with Crippen LogP contribution in [0.1, 0.15) is 46.0 Å². The maximum absolute atomic E-state index is 10.8. The van der Waals surface area contributed by atoms with E-state index in [9.17, 15) is 10.2 Å². The molecule has 2 unspecified atom stereocenters. The van der Waals surface area contributed by atoms with Crippen LogP contribution in [0.2, 0.25) is 0 Å². The lowest BCUT2D eigenvalue weighted by Crippen LogP contribution is -2.58. The average Bonchev–Trinajstić information content (AvgIpc) is 2.41. The zero-order chi connectivity index (χ0) is 12.1. The molecule has 4 aliphatic rings. The van der Waals surface area contributed by atoms with Gasteiger partial charge in [-0.2, -0.15) is 0 Å². The van der Waals surface area contributed by atoms with Crippen molar-refractivity contribution < 1.29 is 14.9 Å². The molecule has 2 heterocycles. The number of aliphatic hydroxyl groups is 2. The maximum Gasteiger partial charge on any atom is 0.166 e. The molecule has 0 spiro atoms. The lowest BCUT2D eigenvalue weighted by molar-refractivity contribution is -0.230. The number of hydrogen-bond acceptors (Lipinski definition) is 3. The van der Waals surface area contributed by atoms with Gasteiger partial charge in [0.05, 0.1) is 11.2 Å². The summed E-state index contributed by atoms with van der Waals surface area (Å²) in [5.74, 6) is 0.630. The fraction of sp³-hybridized carbons (Fsp3) is 1.00. The molecule has 17 heavy (non-hydrogen) atoms. The quantitative estimate of drug-likeness (QED) is 0.675. The summed E-state index contributed by atoms with van der Waals surface area (Å²) >= 11 is 0. The molecule has 3 nitrogen and oxygen atoms in total. The average molecular weight is 238 g/mol. The van der Waals surface area contributed by atoms with E-state index in [0.717, 1.165) is 25.7 Å². The van der Waals surface area contributed by atoms with Crippen LogP contribution < -0.4 is 0 Å². The summed E-state index contributed by atoms with van der Waals surface area (Å²) in [7, 11) is 0. The highest BCUT2D eigenvalue weighted by atomic mass is 16.6. The third kappa shape index (κ3) is 1.14. The smallest absolute Gasteiger partial charge is 0.166 e. The summed E-state index contributed by atoms with van der Waals surface area (Å²) in [5.41, 5.74) is -0.727. The Morgan fingerprint density at radius 3 is 2.24 bits per heavy atom. The van der Waals surface area contributed by atoms with Crippen molar-refractivity contribution in [1.29, 1.82) is 0 Å². The molecule has 0 amide bonds. The Balaban J connectivity index is 1.87. The van der Waals surface area contributed by atoms with Gasteiger partial charge in [0.25, 0.3) is 0 Å². The van der Waals surface area contributed by atoms with Gasteiger partial charge in [-0.25, -0.2) is 0 Å². The summed E-state index contributed by atoms with van der Waals surface area (Å²) in [6.45, 7) is 4.17. The van der Waals surface area contributed by atoms with E-state index in [-0.39, 0.29) is 11.5 Å². The van der Waals surface area contributed by atoms with Crippen LogP contribution in [0.15, 0.2) is 0 Å².